The highest BCUT2D eigenvalue weighted by atomic mass is 16.5. The molecular weight excluding hydrogens is 328 g/mol. The molecule has 0 bridgehead atoms. The number of para-hydroxylation sites is 1. The number of phenols is 1. The maximum absolute atomic E-state index is 10.5. The number of nitrogens with zero attached hydrogens (tertiary/aromatic N) is 4. The molecule has 26 heavy (non-hydrogen) atoms. The van der Waals surface area contributed by atoms with E-state index in [0.29, 0.717) is 24.6 Å². The third kappa shape index (κ3) is 3.04. The monoisotopic (exact) mass is 350 g/mol. The van der Waals surface area contributed by atoms with Crippen LogP contribution >= 0.6 is 0 Å². The first-order valence-corrected chi connectivity index (χ1v) is 8.73. The Morgan fingerprint density at radius 2 is 1.81 bits per heavy atom. The molecule has 0 saturated carbocycles. The van der Waals surface area contributed by atoms with E-state index in [-0.39, 0.29) is 5.75 Å². The van der Waals surface area contributed by atoms with Crippen LogP contribution in [0, 0.1) is 0 Å². The summed E-state index contributed by atoms with van der Waals surface area (Å²) in [4.78, 5) is 13.6. The molecule has 0 aliphatic carbocycles. The molecular formula is C20H22N4O2. The number of aromatic nitrogens is 2. The Morgan fingerprint density at radius 3 is 2.58 bits per heavy atom. The van der Waals surface area contributed by atoms with Crippen LogP contribution in [-0.2, 0) is 4.74 Å². The van der Waals surface area contributed by atoms with E-state index in [4.69, 9.17) is 14.7 Å². The Bertz CT molecular complexity index is 936. The van der Waals surface area contributed by atoms with Crippen LogP contribution < -0.4 is 9.80 Å². The number of fused-ring (bicyclic) bond motifs is 1. The van der Waals surface area contributed by atoms with Crippen molar-refractivity contribution in [2.24, 2.45) is 0 Å². The molecule has 0 amide bonds. The lowest BCUT2D eigenvalue weighted by Crippen LogP contribution is -2.36. The molecule has 0 spiro atoms. The molecule has 0 unspecified atom stereocenters. The van der Waals surface area contributed by atoms with Crippen LogP contribution in [0.4, 0.5) is 11.5 Å². The van der Waals surface area contributed by atoms with Crippen LogP contribution in [0.25, 0.3) is 22.3 Å². The van der Waals surface area contributed by atoms with E-state index in [1.807, 2.05) is 55.4 Å². The van der Waals surface area contributed by atoms with Gasteiger partial charge >= 0.3 is 0 Å². The van der Waals surface area contributed by atoms with Gasteiger partial charge in [-0.2, -0.15) is 0 Å². The van der Waals surface area contributed by atoms with Gasteiger partial charge in [0.2, 0.25) is 0 Å². The second-order valence-electron chi connectivity index (χ2n) is 6.58. The third-order valence-electron chi connectivity index (χ3n) is 4.60. The highest BCUT2D eigenvalue weighted by Crippen LogP contribution is 2.34. The summed E-state index contributed by atoms with van der Waals surface area (Å²) in [5.41, 5.74) is 2.55. The van der Waals surface area contributed by atoms with Crippen molar-refractivity contribution in [2.75, 3.05) is 50.2 Å². The third-order valence-corrected chi connectivity index (χ3v) is 4.60. The van der Waals surface area contributed by atoms with Gasteiger partial charge in [0.15, 0.2) is 5.82 Å². The van der Waals surface area contributed by atoms with E-state index >= 15 is 0 Å². The van der Waals surface area contributed by atoms with E-state index in [0.717, 1.165) is 35.5 Å². The zero-order chi connectivity index (χ0) is 18.1. The minimum Gasteiger partial charge on any atom is -0.507 e. The first-order chi connectivity index (χ1) is 12.6. The lowest BCUT2D eigenvalue weighted by molar-refractivity contribution is 0.122. The SMILES string of the molecule is CN(C)c1nc(-c2cc(N3CCOCC3)ccc2O)nc2ccccc12. The predicted octanol–water partition coefficient (Wildman–Crippen LogP) is 2.91. The summed E-state index contributed by atoms with van der Waals surface area (Å²) >= 11 is 0. The molecule has 2 aromatic carbocycles. The molecule has 3 aromatic rings. The van der Waals surface area contributed by atoms with E-state index in [1.54, 1.807) is 6.07 Å². The number of morpholine rings is 1. The number of aromatic hydroxyl groups is 1. The maximum Gasteiger partial charge on any atom is 0.165 e. The standard InChI is InChI=1S/C20H22N4O2/c1-23(2)20-15-5-3-4-6-17(15)21-19(22-20)16-13-14(7-8-18(16)25)24-9-11-26-12-10-24/h3-8,13,25H,9-12H2,1-2H3. The summed E-state index contributed by atoms with van der Waals surface area (Å²) in [6.45, 7) is 3.11. The molecule has 6 heteroatoms. The highest BCUT2D eigenvalue weighted by molar-refractivity contribution is 5.91. The number of rotatable bonds is 3. The average molecular weight is 350 g/mol. The molecule has 134 valence electrons. The lowest BCUT2D eigenvalue weighted by Gasteiger charge is -2.29. The largest absolute Gasteiger partial charge is 0.507 e. The minimum absolute atomic E-state index is 0.182. The van der Waals surface area contributed by atoms with Gasteiger partial charge in [-0.1, -0.05) is 12.1 Å². The predicted molar refractivity (Wildman–Crippen MR) is 104 cm³/mol. The van der Waals surface area contributed by atoms with Crippen molar-refractivity contribution >= 4 is 22.4 Å². The summed E-state index contributed by atoms with van der Waals surface area (Å²) in [6, 6.07) is 13.5. The number of phenolic OH excluding ortho intramolecular Hbond substituents is 1. The average Bonchev–Trinajstić information content (AvgIpc) is 2.68. The molecule has 4 rings (SSSR count). The molecule has 1 aromatic heterocycles. The van der Waals surface area contributed by atoms with Gasteiger partial charge in [0.25, 0.3) is 0 Å². The van der Waals surface area contributed by atoms with Crippen molar-refractivity contribution in [2.45, 2.75) is 0 Å². The second-order valence-corrected chi connectivity index (χ2v) is 6.58. The normalized spacial score (nSPS) is 14.6. The summed E-state index contributed by atoms with van der Waals surface area (Å²) in [7, 11) is 3.92. The Morgan fingerprint density at radius 1 is 1.04 bits per heavy atom. The van der Waals surface area contributed by atoms with Gasteiger partial charge in [-0.05, 0) is 30.3 Å². The van der Waals surface area contributed by atoms with Gasteiger partial charge in [-0.15, -0.1) is 0 Å². The van der Waals surface area contributed by atoms with Crippen LogP contribution in [-0.4, -0.2) is 55.5 Å². The first-order valence-electron chi connectivity index (χ1n) is 8.73. The topological polar surface area (TPSA) is 61.7 Å². The number of benzene rings is 2. The van der Waals surface area contributed by atoms with Gasteiger partial charge in [-0.25, -0.2) is 9.97 Å². The van der Waals surface area contributed by atoms with E-state index < -0.39 is 0 Å². The zero-order valence-corrected chi connectivity index (χ0v) is 15.0. The first kappa shape index (κ1) is 16.6. The summed E-state index contributed by atoms with van der Waals surface area (Å²) in [5, 5.41) is 11.4. The fraction of sp³-hybridized carbons (Fsp3) is 0.300. The van der Waals surface area contributed by atoms with Crippen LogP contribution in [0.1, 0.15) is 0 Å². The van der Waals surface area contributed by atoms with Crippen LogP contribution in [0.15, 0.2) is 42.5 Å². The van der Waals surface area contributed by atoms with Gasteiger partial charge in [0.05, 0.1) is 24.3 Å². The van der Waals surface area contributed by atoms with E-state index in [9.17, 15) is 5.11 Å². The highest BCUT2D eigenvalue weighted by Gasteiger charge is 2.17. The second kappa shape index (κ2) is 6.80. The summed E-state index contributed by atoms with van der Waals surface area (Å²) in [5.74, 6) is 1.55. The molecule has 0 radical (unpaired) electrons. The molecule has 1 fully saturated rings. The summed E-state index contributed by atoms with van der Waals surface area (Å²) < 4.78 is 5.43. The zero-order valence-electron chi connectivity index (χ0n) is 15.0. The van der Waals surface area contributed by atoms with Gasteiger partial charge in [0.1, 0.15) is 11.6 Å². The van der Waals surface area contributed by atoms with Gasteiger partial charge in [-0.3, -0.25) is 0 Å². The van der Waals surface area contributed by atoms with Crippen molar-refractivity contribution in [1.29, 1.82) is 0 Å². The van der Waals surface area contributed by atoms with Crippen molar-refractivity contribution in [1.82, 2.24) is 9.97 Å². The Labute approximate surface area is 152 Å². The fourth-order valence-corrected chi connectivity index (χ4v) is 3.24. The molecule has 6 nitrogen and oxygen atoms in total. The maximum atomic E-state index is 10.5. The lowest BCUT2D eigenvalue weighted by atomic mass is 10.1. The van der Waals surface area contributed by atoms with Crippen LogP contribution in [0.3, 0.4) is 0 Å². The molecule has 0 atom stereocenters. The minimum atomic E-state index is 0.182. The number of ether oxygens (including phenoxy) is 1. The Kier molecular flexibility index (Phi) is 4.34. The smallest absolute Gasteiger partial charge is 0.165 e. The number of hydrogen-bond donors (Lipinski definition) is 1. The van der Waals surface area contributed by atoms with E-state index in [1.165, 1.54) is 0 Å². The molecule has 1 aliphatic heterocycles. The number of hydrogen-bond acceptors (Lipinski definition) is 6. The van der Waals surface area contributed by atoms with Crippen molar-refractivity contribution in [3.05, 3.63) is 42.5 Å². The fourth-order valence-electron chi connectivity index (χ4n) is 3.24. The summed E-state index contributed by atoms with van der Waals surface area (Å²) in [6.07, 6.45) is 0. The number of anilines is 2. The van der Waals surface area contributed by atoms with Gasteiger partial charge in [0, 0.05) is 38.3 Å². The van der Waals surface area contributed by atoms with Crippen molar-refractivity contribution < 1.29 is 9.84 Å². The Balaban J connectivity index is 1.84. The van der Waals surface area contributed by atoms with Crippen LogP contribution in [0.5, 0.6) is 5.75 Å². The molecule has 2 heterocycles. The van der Waals surface area contributed by atoms with E-state index in [2.05, 4.69) is 4.90 Å². The van der Waals surface area contributed by atoms with Crippen LogP contribution in [0.2, 0.25) is 0 Å². The molecule has 1 saturated heterocycles. The van der Waals surface area contributed by atoms with Crippen molar-refractivity contribution in [3.63, 3.8) is 0 Å². The van der Waals surface area contributed by atoms with Gasteiger partial charge < -0.3 is 19.6 Å². The molecule has 1 aliphatic rings. The molecule has 1 N–H and O–H groups in total. The Hall–Kier alpha value is -2.86. The quantitative estimate of drug-likeness (QED) is 0.784. The van der Waals surface area contributed by atoms with Crippen molar-refractivity contribution in [3.8, 4) is 17.1 Å².